The highest BCUT2D eigenvalue weighted by Crippen LogP contribution is 2.20. The minimum absolute atomic E-state index is 0.665. The lowest BCUT2D eigenvalue weighted by Crippen LogP contribution is -2.15. The van der Waals surface area contributed by atoms with Crippen molar-refractivity contribution in [2.45, 2.75) is 18.1 Å². The van der Waals surface area contributed by atoms with E-state index in [1.165, 1.54) is 0 Å². The number of thioether (sulfide) groups is 1. The van der Waals surface area contributed by atoms with Crippen molar-refractivity contribution in [1.29, 1.82) is 0 Å². The standard InChI is InChI=1S/C14H15Cl2N3S/c15-12-4-3-11(13(16)9-12)10-17-5-2-8-20-14-18-6-1-7-19-14/h1,3-4,6-7,9,17H,2,5,8,10H2. The molecule has 0 saturated heterocycles. The summed E-state index contributed by atoms with van der Waals surface area (Å²) in [5, 5.41) is 5.56. The fourth-order valence-corrected chi connectivity index (χ4v) is 2.83. The third-order valence-electron chi connectivity index (χ3n) is 2.60. The van der Waals surface area contributed by atoms with Crippen LogP contribution >= 0.6 is 35.0 Å². The van der Waals surface area contributed by atoms with Gasteiger partial charge in [0.05, 0.1) is 0 Å². The van der Waals surface area contributed by atoms with Crippen molar-refractivity contribution >= 4 is 35.0 Å². The summed E-state index contributed by atoms with van der Waals surface area (Å²) in [6.45, 7) is 1.68. The lowest BCUT2D eigenvalue weighted by molar-refractivity contribution is 0.678. The Morgan fingerprint density at radius 2 is 1.95 bits per heavy atom. The molecule has 1 aromatic heterocycles. The number of hydrogen-bond acceptors (Lipinski definition) is 4. The van der Waals surface area contributed by atoms with Gasteiger partial charge in [0, 0.05) is 34.7 Å². The molecule has 1 aromatic carbocycles. The third-order valence-corrected chi connectivity index (χ3v) is 4.15. The fraction of sp³-hybridized carbons (Fsp3) is 0.286. The first-order chi connectivity index (χ1) is 9.75. The van der Waals surface area contributed by atoms with Gasteiger partial charge in [-0.1, -0.05) is 41.0 Å². The molecular formula is C14H15Cl2N3S. The molecule has 0 bridgehead atoms. The molecule has 2 rings (SSSR count). The van der Waals surface area contributed by atoms with Gasteiger partial charge >= 0.3 is 0 Å². The second-order valence-corrected chi connectivity index (χ2v) is 6.05. The fourth-order valence-electron chi connectivity index (χ4n) is 1.61. The zero-order valence-electron chi connectivity index (χ0n) is 10.9. The summed E-state index contributed by atoms with van der Waals surface area (Å²) in [7, 11) is 0. The number of hydrogen-bond donors (Lipinski definition) is 1. The van der Waals surface area contributed by atoms with E-state index < -0.39 is 0 Å². The van der Waals surface area contributed by atoms with Crippen LogP contribution in [0.3, 0.4) is 0 Å². The van der Waals surface area contributed by atoms with E-state index in [1.54, 1.807) is 30.2 Å². The van der Waals surface area contributed by atoms with Crippen LogP contribution in [-0.2, 0) is 6.54 Å². The molecule has 0 radical (unpaired) electrons. The first-order valence-electron chi connectivity index (χ1n) is 6.30. The molecule has 0 atom stereocenters. The van der Waals surface area contributed by atoms with E-state index >= 15 is 0 Å². The third kappa shape index (κ3) is 5.29. The van der Waals surface area contributed by atoms with Crippen LogP contribution < -0.4 is 5.32 Å². The van der Waals surface area contributed by atoms with Crippen LogP contribution in [0, 0.1) is 0 Å². The monoisotopic (exact) mass is 327 g/mol. The van der Waals surface area contributed by atoms with Gasteiger partial charge in [0.2, 0.25) is 0 Å². The van der Waals surface area contributed by atoms with Gasteiger partial charge in [0.1, 0.15) is 0 Å². The van der Waals surface area contributed by atoms with E-state index in [4.69, 9.17) is 23.2 Å². The summed E-state index contributed by atoms with van der Waals surface area (Å²) in [6.07, 6.45) is 4.57. The summed E-state index contributed by atoms with van der Waals surface area (Å²) < 4.78 is 0. The van der Waals surface area contributed by atoms with E-state index in [0.717, 1.165) is 36.0 Å². The van der Waals surface area contributed by atoms with Crippen LogP contribution in [0.2, 0.25) is 10.0 Å². The summed E-state index contributed by atoms with van der Waals surface area (Å²) in [5.41, 5.74) is 1.06. The molecule has 20 heavy (non-hydrogen) atoms. The number of halogens is 2. The lowest BCUT2D eigenvalue weighted by Gasteiger charge is -2.06. The molecule has 1 N–H and O–H groups in total. The molecule has 0 aliphatic rings. The molecule has 3 nitrogen and oxygen atoms in total. The summed E-state index contributed by atoms with van der Waals surface area (Å²) in [6, 6.07) is 7.39. The highest BCUT2D eigenvalue weighted by atomic mass is 35.5. The zero-order valence-corrected chi connectivity index (χ0v) is 13.2. The second-order valence-electron chi connectivity index (χ2n) is 4.15. The number of nitrogens with one attached hydrogen (secondary N) is 1. The van der Waals surface area contributed by atoms with Gasteiger partial charge < -0.3 is 5.32 Å². The van der Waals surface area contributed by atoms with Crippen LogP contribution in [0.5, 0.6) is 0 Å². The predicted molar refractivity (Wildman–Crippen MR) is 85.5 cm³/mol. The Bertz CT molecular complexity index is 537. The largest absolute Gasteiger partial charge is 0.313 e. The molecule has 6 heteroatoms. The molecule has 0 amide bonds. The van der Waals surface area contributed by atoms with Crippen LogP contribution in [0.1, 0.15) is 12.0 Å². The van der Waals surface area contributed by atoms with Gasteiger partial charge in [-0.3, -0.25) is 0 Å². The SMILES string of the molecule is Clc1ccc(CNCCCSc2ncccn2)c(Cl)c1. The Hall–Kier alpha value is -0.810. The van der Waals surface area contributed by atoms with Crippen molar-refractivity contribution in [1.82, 2.24) is 15.3 Å². The Labute approximate surface area is 133 Å². The minimum Gasteiger partial charge on any atom is -0.313 e. The number of aromatic nitrogens is 2. The van der Waals surface area contributed by atoms with Crippen molar-refractivity contribution in [3.05, 3.63) is 52.3 Å². The molecule has 0 aliphatic heterocycles. The topological polar surface area (TPSA) is 37.8 Å². The zero-order chi connectivity index (χ0) is 14.2. The molecule has 0 unspecified atom stereocenters. The first kappa shape index (κ1) is 15.6. The molecule has 0 fully saturated rings. The Kier molecular flexibility index (Phi) is 6.60. The average Bonchev–Trinajstić information content (AvgIpc) is 2.46. The molecule has 106 valence electrons. The Balaban J connectivity index is 1.62. The number of rotatable bonds is 7. The van der Waals surface area contributed by atoms with E-state index in [1.807, 2.05) is 18.2 Å². The van der Waals surface area contributed by atoms with E-state index in [-0.39, 0.29) is 0 Å². The van der Waals surface area contributed by atoms with Crippen LogP contribution in [0.4, 0.5) is 0 Å². The van der Waals surface area contributed by atoms with Gasteiger partial charge in [0.25, 0.3) is 0 Å². The number of benzene rings is 1. The Morgan fingerprint density at radius 3 is 2.70 bits per heavy atom. The van der Waals surface area contributed by atoms with E-state index in [2.05, 4.69) is 15.3 Å². The molecular weight excluding hydrogens is 313 g/mol. The minimum atomic E-state index is 0.665. The van der Waals surface area contributed by atoms with Crippen LogP contribution in [-0.4, -0.2) is 22.3 Å². The van der Waals surface area contributed by atoms with Crippen molar-refractivity contribution in [2.24, 2.45) is 0 Å². The quantitative estimate of drug-likeness (QED) is 0.473. The molecule has 0 spiro atoms. The van der Waals surface area contributed by atoms with Gasteiger partial charge in [-0.15, -0.1) is 0 Å². The maximum Gasteiger partial charge on any atom is 0.187 e. The maximum absolute atomic E-state index is 6.10. The van der Waals surface area contributed by atoms with Gasteiger partial charge in [-0.25, -0.2) is 9.97 Å². The average molecular weight is 328 g/mol. The highest BCUT2D eigenvalue weighted by Gasteiger charge is 2.01. The summed E-state index contributed by atoms with van der Waals surface area (Å²) in [4.78, 5) is 8.33. The normalized spacial score (nSPS) is 10.7. The van der Waals surface area contributed by atoms with Crippen molar-refractivity contribution in [3.8, 4) is 0 Å². The van der Waals surface area contributed by atoms with Crippen molar-refractivity contribution < 1.29 is 0 Å². The first-order valence-corrected chi connectivity index (χ1v) is 8.04. The highest BCUT2D eigenvalue weighted by molar-refractivity contribution is 7.99. The number of nitrogens with zero attached hydrogens (tertiary/aromatic N) is 2. The second kappa shape index (κ2) is 8.47. The van der Waals surface area contributed by atoms with Crippen molar-refractivity contribution in [2.75, 3.05) is 12.3 Å². The van der Waals surface area contributed by atoms with Crippen LogP contribution in [0.15, 0.2) is 41.8 Å². The molecule has 0 aliphatic carbocycles. The van der Waals surface area contributed by atoms with Crippen LogP contribution in [0.25, 0.3) is 0 Å². The van der Waals surface area contributed by atoms with E-state index in [9.17, 15) is 0 Å². The molecule has 2 aromatic rings. The van der Waals surface area contributed by atoms with Gasteiger partial charge in [-0.2, -0.15) is 0 Å². The van der Waals surface area contributed by atoms with Gasteiger partial charge in [-0.05, 0) is 36.7 Å². The summed E-state index contributed by atoms with van der Waals surface area (Å²) in [5.74, 6) is 0.991. The van der Waals surface area contributed by atoms with E-state index in [0.29, 0.717) is 10.0 Å². The van der Waals surface area contributed by atoms with Crippen molar-refractivity contribution in [3.63, 3.8) is 0 Å². The lowest BCUT2D eigenvalue weighted by atomic mass is 10.2. The van der Waals surface area contributed by atoms with Gasteiger partial charge in [0.15, 0.2) is 5.16 Å². The predicted octanol–water partition coefficient (Wildman–Crippen LogP) is 4.06. The smallest absolute Gasteiger partial charge is 0.187 e. The maximum atomic E-state index is 6.10. The molecule has 1 heterocycles. The molecule has 0 saturated carbocycles. The Morgan fingerprint density at radius 1 is 1.15 bits per heavy atom. The summed E-state index contributed by atoms with van der Waals surface area (Å²) >= 11 is 13.6.